The molecule has 1 heterocycles. The molecule has 1 fully saturated rings. The van der Waals surface area contributed by atoms with Gasteiger partial charge in [-0.25, -0.2) is 0 Å². The van der Waals surface area contributed by atoms with Gasteiger partial charge in [-0.1, -0.05) is 32.0 Å². The standard InChI is InChI=1S/C22H38N4O/c1-4-23-22(24-16-10-11-17-25(5-2)6-3)26-18-14-21(15-19-26)27-20-12-8-7-9-13-20/h7-9,12-13,21H,4-6,10-11,14-19H2,1-3H3,(H,23,24). The molecule has 0 bridgehead atoms. The van der Waals surface area contributed by atoms with E-state index in [0.29, 0.717) is 6.10 Å². The number of nitrogens with zero attached hydrogens (tertiary/aromatic N) is 3. The average Bonchev–Trinajstić information content (AvgIpc) is 2.71. The molecule has 1 aromatic rings. The maximum absolute atomic E-state index is 6.11. The van der Waals surface area contributed by atoms with Crippen molar-refractivity contribution in [2.24, 2.45) is 4.99 Å². The fourth-order valence-electron chi connectivity index (χ4n) is 3.47. The molecule has 1 aliphatic rings. The first-order valence-corrected chi connectivity index (χ1v) is 10.7. The van der Waals surface area contributed by atoms with Crippen LogP contribution in [0.2, 0.25) is 0 Å². The summed E-state index contributed by atoms with van der Waals surface area (Å²) in [6, 6.07) is 10.2. The summed E-state index contributed by atoms with van der Waals surface area (Å²) in [5.41, 5.74) is 0. The van der Waals surface area contributed by atoms with Crippen LogP contribution in [0.25, 0.3) is 0 Å². The Hall–Kier alpha value is -1.75. The summed E-state index contributed by atoms with van der Waals surface area (Å²) in [6.45, 7) is 13.9. The van der Waals surface area contributed by atoms with Crippen LogP contribution in [0.15, 0.2) is 35.3 Å². The number of guanidine groups is 1. The molecule has 1 aliphatic heterocycles. The summed E-state index contributed by atoms with van der Waals surface area (Å²) < 4.78 is 6.11. The third-order valence-corrected chi connectivity index (χ3v) is 5.16. The molecule has 27 heavy (non-hydrogen) atoms. The number of nitrogens with one attached hydrogen (secondary N) is 1. The van der Waals surface area contributed by atoms with Crippen molar-refractivity contribution in [1.82, 2.24) is 15.1 Å². The Kier molecular flexibility index (Phi) is 10.1. The van der Waals surface area contributed by atoms with Gasteiger partial charge in [0.2, 0.25) is 0 Å². The quantitative estimate of drug-likeness (QED) is 0.386. The van der Waals surface area contributed by atoms with E-state index < -0.39 is 0 Å². The number of piperidine rings is 1. The molecule has 0 aromatic heterocycles. The van der Waals surface area contributed by atoms with E-state index in [9.17, 15) is 0 Å². The van der Waals surface area contributed by atoms with Crippen molar-refractivity contribution in [1.29, 1.82) is 0 Å². The number of para-hydroxylation sites is 1. The van der Waals surface area contributed by atoms with Crippen LogP contribution in [0.3, 0.4) is 0 Å². The van der Waals surface area contributed by atoms with Gasteiger partial charge in [-0.15, -0.1) is 0 Å². The van der Waals surface area contributed by atoms with Gasteiger partial charge in [0, 0.05) is 39.0 Å². The Bertz CT molecular complexity index is 522. The van der Waals surface area contributed by atoms with Gasteiger partial charge in [-0.05, 0) is 51.5 Å². The highest BCUT2D eigenvalue weighted by Gasteiger charge is 2.22. The Morgan fingerprint density at radius 3 is 2.44 bits per heavy atom. The monoisotopic (exact) mass is 374 g/mol. The van der Waals surface area contributed by atoms with E-state index in [1.807, 2.05) is 30.3 Å². The molecule has 0 amide bonds. The molecule has 5 heteroatoms. The lowest BCUT2D eigenvalue weighted by Crippen LogP contribution is -2.47. The van der Waals surface area contributed by atoms with E-state index in [1.165, 1.54) is 13.0 Å². The van der Waals surface area contributed by atoms with E-state index in [4.69, 9.17) is 9.73 Å². The van der Waals surface area contributed by atoms with E-state index in [1.54, 1.807) is 0 Å². The summed E-state index contributed by atoms with van der Waals surface area (Å²) in [6.07, 6.45) is 4.76. The van der Waals surface area contributed by atoms with Crippen LogP contribution in [-0.2, 0) is 0 Å². The minimum Gasteiger partial charge on any atom is -0.490 e. The van der Waals surface area contributed by atoms with Gasteiger partial charge in [-0.2, -0.15) is 0 Å². The number of ether oxygens (including phenoxy) is 1. The third kappa shape index (κ3) is 7.79. The van der Waals surface area contributed by atoms with Gasteiger partial charge in [0.15, 0.2) is 5.96 Å². The molecule has 1 N–H and O–H groups in total. The van der Waals surface area contributed by atoms with Gasteiger partial charge in [0.05, 0.1) is 0 Å². The molecule has 0 saturated carbocycles. The number of rotatable bonds is 10. The minimum atomic E-state index is 0.306. The van der Waals surface area contributed by atoms with Crippen LogP contribution in [0, 0.1) is 0 Å². The molecular formula is C22H38N4O. The Morgan fingerprint density at radius 2 is 1.81 bits per heavy atom. The number of hydrogen-bond donors (Lipinski definition) is 1. The van der Waals surface area contributed by atoms with Gasteiger partial charge in [0.1, 0.15) is 11.9 Å². The molecule has 1 aromatic carbocycles. The summed E-state index contributed by atoms with van der Waals surface area (Å²) in [5.74, 6) is 2.04. The van der Waals surface area contributed by atoms with Crippen molar-refractivity contribution in [3.63, 3.8) is 0 Å². The number of hydrogen-bond acceptors (Lipinski definition) is 3. The first-order valence-electron chi connectivity index (χ1n) is 10.7. The van der Waals surface area contributed by atoms with Crippen LogP contribution in [0.4, 0.5) is 0 Å². The van der Waals surface area contributed by atoms with Crippen molar-refractivity contribution >= 4 is 5.96 Å². The van der Waals surface area contributed by atoms with Crippen molar-refractivity contribution in [2.45, 2.75) is 52.6 Å². The average molecular weight is 375 g/mol. The number of benzene rings is 1. The van der Waals surface area contributed by atoms with E-state index in [2.05, 4.69) is 35.9 Å². The van der Waals surface area contributed by atoms with Crippen LogP contribution < -0.4 is 10.1 Å². The highest BCUT2D eigenvalue weighted by molar-refractivity contribution is 5.80. The fourth-order valence-corrected chi connectivity index (χ4v) is 3.47. The predicted octanol–water partition coefficient (Wildman–Crippen LogP) is 3.62. The van der Waals surface area contributed by atoms with E-state index >= 15 is 0 Å². The summed E-state index contributed by atoms with van der Waals surface area (Å²) in [5, 5.41) is 3.46. The van der Waals surface area contributed by atoms with E-state index in [0.717, 1.165) is 70.2 Å². The van der Waals surface area contributed by atoms with Gasteiger partial charge < -0.3 is 19.9 Å². The van der Waals surface area contributed by atoms with Crippen molar-refractivity contribution in [3.05, 3.63) is 30.3 Å². The molecule has 0 spiro atoms. The van der Waals surface area contributed by atoms with Crippen LogP contribution in [0.5, 0.6) is 5.75 Å². The zero-order chi connectivity index (χ0) is 19.3. The molecule has 1 saturated heterocycles. The Balaban J connectivity index is 1.74. The molecule has 0 unspecified atom stereocenters. The van der Waals surface area contributed by atoms with Gasteiger partial charge in [-0.3, -0.25) is 4.99 Å². The summed E-state index contributed by atoms with van der Waals surface area (Å²) >= 11 is 0. The highest BCUT2D eigenvalue weighted by Crippen LogP contribution is 2.18. The van der Waals surface area contributed by atoms with Crippen LogP contribution in [-0.4, -0.2) is 67.7 Å². The Labute approximate surface area is 165 Å². The largest absolute Gasteiger partial charge is 0.490 e. The maximum Gasteiger partial charge on any atom is 0.193 e. The highest BCUT2D eigenvalue weighted by atomic mass is 16.5. The topological polar surface area (TPSA) is 40.1 Å². The van der Waals surface area contributed by atoms with Gasteiger partial charge in [0.25, 0.3) is 0 Å². The first-order chi connectivity index (χ1) is 13.3. The van der Waals surface area contributed by atoms with Crippen LogP contribution >= 0.6 is 0 Å². The number of likely N-dealkylation sites (tertiary alicyclic amines) is 1. The Morgan fingerprint density at radius 1 is 1.11 bits per heavy atom. The normalized spacial score (nSPS) is 16.0. The third-order valence-electron chi connectivity index (χ3n) is 5.16. The maximum atomic E-state index is 6.11. The summed E-state index contributed by atoms with van der Waals surface area (Å²) in [4.78, 5) is 9.73. The lowest BCUT2D eigenvalue weighted by Gasteiger charge is -2.34. The van der Waals surface area contributed by atoms with Crippen molar-refractivity contribution < 1.29 is 4.74 Å². The SMILES string of the molecule is CCNC(=NCCCCN(CC)CC)N1CCC(Oc2ccccc2)CC1. The van der Waals surface area contributed by atoms with Crippen LogP contribution in [0.1, 0.15) is 46.5 Å². The van der Waals surface area contributed by atoms with Crippen molar-refractivity contribution in [3.8, 4) is 5.75 Å². The molecule has 0 atom stereocenters. The first kappa shape index (κ1) is 21.5. The second kappa shape index (κ2) is 12.6. The molecule has 0 radical (unpaired) electrons. The second-order valence-corrected chi connectivity index (χ2v) is 7.09. The summed E-state index contributed by atoms with van der Waals surface area (Å²) in [7, 11) is 0. The fraction of sp³-hybridized carbons (Fsp3) is 0.682. The van der Waals surface area contributed by atoms with Gasteiger partial charge >= 0.3 is 0 Å². The lowest BCUT2D eigenvalue weighted by molar-refractivity contribution is 0.129. The lowest BCUT2D eigenvalue weighted by atomic mass is 10.1. The zero-order valence-corrected chi connectivity index (χ0v) is 17.5. The van der Waals surface area contributed by atoms with E-state index in [-0.39, 0.29) is 0 Å². The molecule has 0 aliphatic carbocycles. The predicted molar refractivity (Wildman–Crippen MR) is 115 cm³/mol. The minimum absolute atomic E-state index is 0.306. The smallest absolute Gasteiger partial charge is 0.193 e. The molecular weight excluding hydrogens is 336 g/mol. The molecule has 5 nitrogen and oxygen atoms in total. The zero-order valence-electron chi connectivity index (χ0n) is 17.5. The second-order valence-electron chi connectivity index (χ2n) is 7.09. The number of aliphatic imine (C=N–C) groups is 1. The molecule has 152 valence electrons. The van der Waals surface area contributed by atoms with Crippen molar-refractivity contribution in [2.75, 3.05) is 45.8 Å². The number of unbranched alkanes of at least 4 members (excludes halogenated alkanes) is 1. The molecule has 2 rings (SSSR count).